The Morgan fingerprint density at radius 3 is 2.68 bits per heavy atom. The number of hydrogen-bond donors (Lipinski definition) is 1. The maximum absolute atomic E-state index is 12.1. The van der Waals surface area contributed by atoms with Crippen molar-refractivity contribution in [1.29, 1.82) is 0 Å². The van der Waals surface area contributed by atoms with Gasteiger partial charge >= 0.3 is 5.97 Å². The molecule has 2 rings (SSSR count). The van der Waals surface area contributed by atoms with E-state index in [9.17, 15) is 9.59 Å². The lowest BCUT2D eigenvalue weighted by Crippen LogP contribution is -2.40. The first-order chi connectivity index (χ1) is 9.00. The van der Waals surface area contributed by atoms with Gasteiger partial charge in [-0.15, -0.1) is 0 Å². The lowest BCUT2D eigenvalue weighted by Gasteiger charge is -2.20. The summed E-state index contributed by atoms with van der Waals surface area (Å²) in [5, 5.41) is 13.2. The molecule has 1 heterocycles. The van der Waals surface area contributed by atoms with Gasteiger partial charge in [-0.3, -0.25) is 9.48 Å². The second-order valence-electron chi connectivity index (χ2n) is 5.05. The molecule has 1 unspecified atom stereocenters. The SMILES string of the molecule is CC(C(=O)O)N(C)C(=O)c1ccn(C2CCCC2)n1. The van der Waals surface area contributed by atoms with Crippen LogP contribution in [-0.2, 0) is 4.79 Å². The first-order valence-electron chi connectivity index (χ1n) is 6.56. The van der Waals surface area contributed by atoms with Crippen molar-refractivity contribution in [1.82, 2.24) is 14.7 Å². The van der Waals surface area contributed by atoms with Crippen molar-refractivity contribution >= 4 is 11.9 Å². The molecule has 1 aromatic rings. The highest BCUT2D eigenvalue weighted by atomic mass is 16.4. The second kappa shape index (κ2) is 5.42. The number of likely N-dealkylation sites (N-methyl/N-ethyl adjacent to an activating group) is 1. The minimum absolute atomic E-state index is 0.308. The van der Waals surface area contributed by atoms with Crippen molar-refractivity contribution in [2.75, 3.05) is 7.05 Å². The third-order valence-electron chi connectivity index (χ3n) is 3.78. The third-order valence-corrected chi connectivity index (χ3v) is 3.78. The molecule has 1 fully saturated rings. The molecule has 0 saturated heterocycles. The molecule has 19 heavy (non-hydrogen) atoms. The van der Waals surface area contributed by atoms with Crippen molar-refractivity contribution in [2.24, 2.45) is 0 Å². The molecule has 1 amide bonds. The van der Waals surface area contributed by atoms with Gasteiger partial charge < -0.3 is 10.0 Å². The van der Waals surface area contributed by atoms with Crippen LogP contribution in [0.4, 0.5) is 0 Å². The van der Waals surface area contributed by atoms with Crippen molar-refractivity contribution in [3.63, 3.8) is 0 Å². The maximum Gasteiger partial charge on any atom is 0.326 e. The van der Waals surface area contributed by atoms with Crippen LogP contribution in [-0.4, -0.2) is 44.8 Å². The van der Waals surface area contributed by atoms with Crippen LogP contribution in [0.3, 0.4) is 0 Å². The summed E-state index contributed by atoms with van der Waals surface area (Å²) < 4.78 is 1.83. The Bertz CT molecular complexity index is 477. The van der Waals surface area contributed by atoms with E-state index in [-0.39, 0.29) is 5.91 Å². The minimum atomic E-state index is -1.02. The fraction of sp³-hybridized carbons (Fsp3) is 0.615. The molecule has 1 atom stereocenters. The zero-order valence-corrected chi connectivity index (χ0v) is 11.2. The number of carboxylic acids is 1. The molecule has 0 spiro atoms. The van der Waals surface area contributed by atoms with Gasteiger partial charge in [0.25, 0.3) is 5.91 Å². The first-order valence-corrected chi connectivity index (χ1v) is 6.56. The number of amides is 1. The summed E-state index contributed by atoms with van der Waals surface area (Å²) in [5.41, 5.74) is 0.308. The first kappa shape index (κ1) is 13.6. The van der Waals surface area contributed by atoms with Crippen LogP contribution in [0.2, 0.25) is 0 Å². The topological polar surface area (TPSA) is 75.4 Å². The van der Waals surface area contributed by atoms with E-state index >= 15 is 0 Å². The van der Waals surface area contributed by atoms with Crippen LogP contribution in [0.15, 0.2) is 12.3 Å². The Kier molecular flexibility index (Phi) is 3.87. The van der Waals surface area contributed by atoms with E-state index in [0.29, 0.717) is 11.7 Å². The van der Waals surface area contributed by atoms with Crippen LogP contribution in [0, 0.1) is 0 Å². The van der Waals surface area contributed by atoms with Crippen LogP contribution in [0.5, 0.6) is 0 Å². The zero-order chi connectivity index (χ0) is 14.0. The predicted molar refractivity (Wildman–Crippen MR) is 68.9 cm³/mol. The molecule has 6 nitrogen and oxygen atoms in total. The van der Waals surface area contributed by atoms with E-state index in [2.05, 4.69) is 5.10 Å². The van der Waals surface area contributed by atoms with E-state index in [1.807, 2.05) is 10.9 Å². The Morgan fingerprint density at radius 1 is 1.47 bits per heavy atom. The molecule has 0 aromatic carbocycles. The largest absolute Gasteiger partial charge is 0.480 e. The normalized spacial score (nSPS) is 17.4. The van der Waals surface area contributed by atoms with Gasteiger partial charge in [-0.1, -0.05) is 12.8 Å². The Balaban J connectivity index is 2.09. The van der Waals surface area contributed by atoms with Gasteiger partial charge in [-0.05, 0) is 25.8 Å². The Labute approximate surface area is 112 Å². The summed E-state index contributed by atoms with van der Waals surface area (Å²) in [7, 11) is 1.48. The van der Waals surface area contributed by atoms with E-state index in [1.165, 1.54) is 31.7 Å². The van der Waals surface area contributed by atoms with Crippen LogP contribution < -0.4 is 0 Å². The molecule has 1 aliphatic carbocycles. The average Bonchev–Trinajstić information content (AvgIpc) is 3.05. The average molecular weight is 265 g/mol. The number of aliphatic carboxylic acids is 1. The molecular formula is C13H19N3O3. The second-order valence-corrected chi connectivity index (χ2v) is 5.05. The fourth-order valence-electron chi connectivity index (χ4n) is 2.35. The lowest BCUT2D eigenvalue weighted by molar-refractivity contribution is -0.141. The summed E-state index contributed by atoms with van der Waals surface area (Å²) in [6, 6.07) is 1.18. The van der Waals surface area contributed by atoms with Crippen LogP contribution in [0.1, 0.15) is 49.1 Å². The molecule has 1 aliphatic rings. The van der Waals surface area contributed by atoms with Crippen LogP contribution in [0.25, 0.3) is 0 Å². The summed E-state index contributed by atoms with van der Waals surface area (Å²) >= 11 is 0. The molecule has 0 bridgehead atoms. The number of nitrogens with zero attached hydrogens (tertiary/aromatic N) is 3. The summed E-state index contributed by atoms with van der Waals surface area (Å²) in [5.74, 6) is -1.38. The number of carboxylic acid groups (broad SMARTS) is 1. The summed E-state index contributed by atoms with van der Waals surface area (Å²) in [6.45, 7) is 1.48. The fourth-order valence-corrected chi connectivity index (χ4v) is 2.35. The van der Waals surface area contributed by atoms with Gasteiger partial charge in [-0.25, -0.2) is 4.79 Å². The van der Waals surface area contributed by atoms with Crippen molar-refractivity contribution in [3.8, 4) is 0 Å². The van der Waals surface area contributed by atoms with Gasteiger partial charge in [0.15, 0.2) is 0 Å². The molecule has 1 saturated carbocycles. The van der Waals surface area contributed by atoms with Crippen molar-refractivity contribution in [3.05, 3.63) is 18.0 Å². The highest BCUT2D eigenvalue weighted by molar-refractivity contribution is 5.94. The van der Waals surface area contributed by atoms with E-state index in [0.717, 1.165) is 12.8 Å². The summed E-state index contributed by atoms with van der Waals surface area (Å²) in [6.07, 6.45) is 6.39. The number of aromatic nitrogens is 2. The number of carbonyl (C=O) groups is 2. The molecule has 1 aromatic heterocycles. The standard InChI is InChI=1S/C13H19N3O3/c1-9(13(18)19)15(2)12(17)11-7-8-16(14-11)10-5-3-4-6-10/h7-10H,3-6H2,1-2H3,(H,18,19). The van der Waals surface area contributed by atoms with Gasteiger partial charge in [0.1, 0.15) is 11.7 Å². The van der Waals surface area contributed by atoms with Crippen molar-refractivity contribution < 1.29 is 14.7 Å². The quantitative estimate of drug-likeness (QED) is 0.896. The van der Waals surface area contributed by atoms with Gasteiger partial charge in [0, 0.05) is 13.2 Å². The minimum Gasteiger partial charge on any atom is -0.480 e. The number of hydrogen-bond acceptors (Lipinski definition) is 3. The van der Waals surface area contributed by atoms with E-state index < -0.39 is 12.0 Å². The Hall–Kier alpha value is -1.85. The highest BCUT2D eigenvalue weighted by Gasteiger charge is 2.25. The third kappa shape index (κ3) is 2.77. The van der Waals surface area contributed by atoms with Gasteiger partial charge in [0.05, 0.1) is 6.04 Å². The predicted octanol–water partition coefficient (Wildman–Crippen LogP) is 1.54. The molecular weight excluding hydrogens is 246 g/mol. The number of rotatable bonds is 4. The highest BCUT2D eigenvalue weighted by Crippen LogP contribution is 2.28. The van der Waals surface area contributed by atoms with Crippen LogP contribution >= 0.6 is 0 Å². The number of carbonyl (C=O) groups excluding carboxylic acids is 1. The lowest BCUT2D eigenvalue weighted by atomic mass is 10.2. The van der Waals surface area contributed by atoms with Crippen molar-refractivity contribution in [2.45, 2.75) is 44.7 Å². The smallest absolute Gasteiger partial charge is 0.326 e. The molecule has 0 radical (unpaired) electrons. The molecule has 1 N–H and O–H groups in total. The van der Waals surface area contributed by atoms with E-state index in [1.54, 1.807) is 6.07 Å². The maximum atomic E-state index is 12.1. The summed E-state index contributed by atoms with van der Waals surface area (Å²) in [4.78, 5) is 24.2. The van der Waals surface area contributed by atoms with Gasteiger partial charge in [-0.2, -0.15) is 5.10 Å². The Morgan fingerprint density at radius 2 is 2.11 bits per heavy atom. The van der Waals surface area contributed by atoms with Gasteiger partial charge in [0.2, 0.25) is 0 Å². The molecule has 0 aliphatic heterocycles. The molecule has 6 heteroatoms. The zero-order valence-electron chi connectivity index (χ0n) is 11.2. The monoisotopic (exact) mass is 265 g/mol. The van der Waals surface area contributed by atoms with E-state index in [4.69, 9.17) is 5.11 Å². The molecule has 104 valence electrons.